The van der Waals surface area contributed by atoms with E-state index in [1.165, 1.54) is 11.3 Å². The highest BCUT2D eigenvalue weighted by Crippen LogP contribution is 2.19. The van der Waals surface area contributed by atoms with Crippen molar-refractivity contribution in [2.24, 2.45) is 0 Å². The number of hydrogen-bond donors (Lipinski definition) is 1. The van der Waals surface area contributed by atoms with Crippen molar-refractivity contribution in [1.82, 2.24) is 4.90 Å². The molecule has 0 aliphatic carbocycles. The van der Waals surface area contributed by atoms with E-state index in [-0.39, 0.29) is 6.04 Å². The second-order valence-corrected chi connectivity index (χ2v) is 5.12. The van der Waals surface area contributed by atoms with Gasteiger partial charge in [-0.05, 0) is 31.0 Å². The highest BCUT2D eigenvalue weighted by molar-refractivity contribution is 5.73. The molecule has 1 aliphatic rings. The number of carboxylic acids is 1. The van der Waals surface area contributed by atoms with E-state index >= 15 is 0 Å². The molecule has 1 N–H and O–H groups in total. The molecule has 2 rings (SSSR count). The summed E-state index contributed by atoms with van der Waals surface area (Å²) in [5.74, 6) is -0.702. The molecule has 1 saturated heterocycles. The molecule has 4 heteroatoms. The summed E-state index contributed by atoms with van der Waals surface area (Å²) in [7, 11) is 0. The van der Waals surface area contributed by atoms with Crippen molar-refractivity contribution < 1.29 is 9.90 Å². The molecular formula is C15H22N2O2. The standard InChI is InChI=1S/C15H22N2O2/c1-3-14(15(18)19)17-9-7-16(8-10-17)13-6-4-5-12(2)11-13/h4-6,11,14H,3,7-10H2,1-2H3,(H,18,19). The Bertz CT molecular complexity index is 440. The van der Waals surface area contributed by atoms with Crippen LogP contribution in [-0.4, -0.2) is 48.2 Å². The SMILES string of the molecule is CCC(C(=O)O)N1CCN(c2cccc(C)c2)CC1. The number of nitrogens with zero attached hydrogens (tertiary/aromatic N) is 2. The number of carboxylic acid groups (broad SMARTS) is 1. The molecule has 0 bridgehead atoms. The van der Waals surface area contributed by atoms with E-state index in [9.17, 15) is 9.90 Å². The van der Waals surface area contributed by atoms with Crippen LogP contribution in [0.5, 0.6) is 0 Å². The van der Waals surface area contributed by atoms with Crippen LogP contribution in [0.4, 0.5) is 5.69 Å². The van der Waals surface area contributed by atoms with Gasteiger partial charge in [-0.25, -0.2) is 0 Å². The minimum Gasteiger partial charge on any atom is -0.480 e. The molecule has 1 aliphatic heterocycles. The molecule has 1 atom stereocenters. The van der Waals surface area contributed by atoms with E-state index in [1.807, 2.05) is 6.92 Å². The van der Waals surface area contributed by atoms with Gasteiger partial charge in [-0.3, -0.25) is 9.69 Å². The summed E-state index contributed by atoms with van der Waals surface area (Å²) in [4.78, 5) is 15.6. The monoisotopic (exact) mass is 262 g/mol. The van der Waals surface area contributed by atoms with Crippen LogP contribution < -0.4 is 4.90 Å². The summed E-state index contributed by atoms with van der Waals surface area (Å²) in [5.41, 5.74) is 2.50. The Kier molecular flexibility index (Phi) is 4.43. The molecule has 1 heterocycles. The Morgan fingerprint density at radius 2 is 2.00 bits per heavy atom. The number of rotatable bonds is 4. The average molecular weight is 262 g/mol. The molecule has 0 radical (unpaired) electrons. The zero-order valence-corrected chi connectivity index (χ0v) is 11.7. The van der Waals surface area contributed by atoms with Gasteiger partial charge in [0.2, 0.25) is 0 Å². The van der Waals surface area contributed by atoms with Gasteiger partial charge >= 0.3 is 5.97 Å². The van der Waals surface area contributed by atoms with Crippen molar-refractivity contribution in [2.75, 3.05) is 31.1 Å². The van der Waals surface area contributed by atoms with Gasteiger partial charge in [0.05, 0.1) is 0 Å². The normalized spacial score (nSPS) is 18.3. The van der Waals surface area contributed by atoms with Crippen molar-refractivity contribution in [1.29, 1.82) is 0 Å². The van der Waals surface area contributed by atoms with Crippen molar-refractivity contribution >= 4 is 11.7 Å². The molecule has 1 fully saturated rings. The van der Waals surface area contributed by atoms with Crippen LogP contribution in [0.15, 0.2) is 24.3 Å². The first-order valence-electron chi connectivity index (χ1n) is 6.90. The molecule has 4 nitrogen and oxygen atoms in total. The molecule has 104 valence electrons. The predicted octanol–water partition coefficient (Wildman–Crippen LogP) is 1.98. The topological polar surface area (TPSA) is 43.8 Å². The maximum atomic E-state index is 11.2. The van der Waals surface area contributed by atoms with E-state index in [0.717, 1.165) is 26.2 Å². The van der Waals surface area contributed by atoms with E-state index in [2.05, 4.69) is 41.0 Å². The van der Waals surface area contributed by atoms with E-state index < -0.39 is 5.97 Å². The van der Waals surface area contributed by atoms with Gasteiger partial charge in [-0.2, -0.15) is 0 Å². The van der Waals surface area contributed by atoms with E-state index in [0.29, 0.717) is 6.42 Å². The zero-order valence-electron chi connectivity index (χ0n) is 11.7. The van der Waals surface area contributed by atoms with Crippen molar-refractivity contribution in [3.8, 4) is 0 Å². The summed E-state index contributed by atoms with van der Waals surface area (Å²) in [6.45, 7) is 7.46. The van der Waals surface area contributed by atoms with Crippen LogP contribution in [0.2, 0.25) is 0 Å². The zero-order chi connectivity index (χ0) is 13.8. The Hall–Kier alpha value is -1.55. The number of anilines is 1. The molecule has 0 amide bonds. The maximum absolute atomic E-state index is 11.2. The quantitative estimate of drug-likeness (QED) is 0.901. The largest absolute Gasteiger partial charge is 0.480 e. The summed E-state index contributed by atoms with van der Waals surface area (Å²) in [5, 5.41) is 9.19. The third-order valence-electron chi connectivity index (χ3n) is 3.79. The Morgan fingerprint density at radius 3 is 2.53 bits per heavy atom. The van der Waals surface area contributed by atoms with Gasteiger partial charge in [-0.15, -0.1) is 0 Å². The molecule has 0 aromatic heterocycles. The molecule has 1 aromatic carbocycles. The third-order valence-corrected chi connectivity index (χ3v) is 3.79. The fourth-order valence-corrected chi connectivity index (χ4v) is 2.71. The molecule has 1 unspecified atom stereocenters. The van der Waals surface area contributed by atoms with E-state index in [4.69, 9.17) is 0 Å². The minimum atomic E-state index is -0.702. The Labute approximate surface area is 114 Å². The first kappa shape index (κ1) is 13.9. The highest BCUT2D eigenvalue weighted by atomic mass is 16.4. The van der Waals surface area contributed by atoms with Crippen LogP contribution in [-0.2, 0) is 4.79 Å². The predicted molar refractivity (Wildman–Crippen MR) is 76.7 cm³/mol. The summed E-state index contributed by atoms with van der Waals surface area (Å²) >= 11 is 0. The van der Waals surface area contributed by atoms with Gasteiger partial charge < -0.3 is 10.0 Å². The van der Waals surface area contributed by atoms with Crippen LogP contribution in [0, 0.1) is 6.92 Å². The van der Waals surface area contributed by atoms with Gasteiger partial charge in [0.15, 0.2) is 0 Å². The number of aliphatic carboxylic acids is 1. The van der Waals surface area contributed by atoms with Gasteiger partial charge in [-0.1, -0.05) is 19.1 Å². The smallest absolute Gasteiger partial charge is 0.320 e. The number of carbonyl (C=O) groups is 1. The number of benzene rings is 1. The third kappa shape index (κ3) is 3.26. The van der Waals surface area contributed by atoms with Crippen molar-refractivity contribution in [3.05, 3.63) is 29.8 Å². The van der Waals surface area contributed by atoms with Crippen LogP contribution in [0.1, 0.15) is 18.9 Å². The summed E-state index contributed by atoms with van der Waals surface area (Å²) in [6, 6.07) is 8.14. The highest BCUT2D eigenvalue weighted by Gasteiger charge is 2.27. The summed E-state index contributed by atoms with van der Waals surface area (Å²) in [6.07, 6.45) is 0.666. The van der Waals surface area contributed by atoms with Gasteiger partial charge in [0.25, 0.3) is 0 Å². The van der Waals surface area contributed by atoms with E-state index in [1.54, 1.807) is 0 Å². The lowest BCUT2D eigenvalue weighted by Crippen LogP contribution is -2.52. The van der Waals surface area contributed by atoms with Gasteiger partial charge in [0.1, 0.15) is 6.04 Å². The van der Waals surface area contributed by atoms with Crippen LogP contribution >= 0.6 is 0 Å². The van der Waals surface area contributed by atoms with Crippen LogP contribution in [0.25, 0.3) is 0 Å². The Balaban J connectivity index is 1.97. The lowest BCUT2D eigenvalue weighted by Gasteiger charge is -2.38. The second kappa shape index (κ2) is 6.06. The molecule has 1 aromatic rings. The minimum absolute atomic E-state index is 0.334. The summed E-state index contributed by atoms with van der Waals surface area (Å²) < 4.78 is 0. The first-order valence-corrected chi connectivity index (χ1v) is 6.90. The van der Waals surface area contributed by atoms with Crippen LogP contribution in [0.3, 0.4) is 0 Å². The Morgan fingerprint density at radius 1 is 1.32 bits per heavy atom. The van der Waals surface area contributed by atoms with Crippen molar-refractivity contribution in [2.45, 2.75) is 26.3 Å². The molecule has 0 saturated carbocycles. The first-order chi connectivity index (χ1) is 9.11. The molecule has 0 spiro atoms. The lowest BCUT2D eigenvalue weighted by molar-refractivity contribution is -0.143. The van der Waals surface area contributed by atoms with Gasteiger partial charge in [0, 0.05) is 31.9 Å². The fourth-order valence-electron chi connectivity index (χ4n) is 2.71. The number of hydrogen-bond acceptors (Lipinski definition) is 3. The fraction of sp³-hybridized carbons (Fsp3) is 0.533. The molecule has 19 heavy (non-hydrogen) atoms. The molecular weight excluding hydrogens is 240 g/mol. The number of piperazine rings is 1. The van der Waals surface area contributed by atoms with Crippen molar-refractivity contribution in [3.63, 3.8) is 0 Å². The average Bonchev–Trinajstić information content (AvgIpc) is 2.40. The second-order valence-electron chi connectivity index (χ2n) is 5.12. The lowest BCUT2D eigenvalue weighted by atomic mass is 10.1. The maximum Gasteiger partial charge on any atom is 0.320 e. The number of aryl methyl sites for hydroxylation is 1.